The van der Waals surface area contributed by atoms with Crippen molar-refractivity contribution in [1.82, 2.24) is 14.8 Å². The molecule has 0 saturated carbocycles. The van der Waals surface area contributed by atoms with Crippen molar-refractivity contribution >= 4 is 22.9 Å². The van der Waals surface area contributed by atoms with Crippen LogP contribution in [-0.2, 0) is 9.53 Å². The van der Waals surface area contributed by atoms with Crippen molar-refractivity contribution < 1.29 is 13.9 Å². The summed E-state index contributed by atoms with van der Waals surface area (Å²) in [5, 5.41) is 5.89. The number of benzene rings is 2. The first-order chi connectivity index (χ1) is 15.5. The molecule has 5 nitrogen and oxygen atoms in total. The molecule has 0 spiro atoms. The number of esters is 1. The standard InChI is InChI=1S/C26H24FN3O2/c1-4-32-24(31)16-14-21-25(17(2)3)29-30(26(21)19-9-12-20(27)13-10-19)23-15-11-18-7-5-6-8-22(18)28-23/h5-17H,4H2,1-3H3/b16-14+. The maximum absolute atomic E-state index is 13.7. The number of nitrogens with zero attached hydrogens (tertiary/aromatic N) is 3. The molecule has 2 aromatic heterocycles. The van der Waals surface area contributed by atoms with Gasteiger partial charge >= 0.3 is 5.97 Å². The lowest BCUT2D eigenvalue weighted by atomic mass is 9.99. The van der Waals surface area contributed by atoms with Crippen LogP contribution >= 0.6 is 0 Å². The molecular formula is C26H24FN3O2. The highest BCUT2D eigenvalue weighted by atomic mass is 19.1. The van der Waals surface area contributed by atoms with E-state index in [1.54, 1.807) is 29.8 Å². The van der Waals surface area contributed by atoms with Gasteiger partial charge in [-0.15, -0.1) is 0 Å². The quantitative estimate of drug-likeness (QED) is 0.282. The zero-order valence-corrected chi connectivity index (χ0v) is 18.2. The predicted molar refractivity (Wildman–Crippen MR) is 124 cm³/mol. The van der Waals surface area contributed by atoms with E-state index in [4.69, 9.17) is 14.8 Å². The highest BCUT2D eigenvalue weighted by molar-refractivity contribution is 5.89. The Morgan fingerprint density at radius 2 is 1.84 bits per heavy atom. The van der Waals surface area contributed by atoms with Crippen LogP contribution in [0.5, 0.6) is 0 Å². The molecule has 6 heteroatoms. The minimum Gasteiger partial charge on any atom is -0.463 e. The second kappa shape index (κ2) is 9.14. The molecule has 0 fully saturated rings. The monoisotopic (exact) mass is 429 g/mol. The number of ether oxygens (including phenoxy) is 1. The van der Waals surface area contributed by atoms with Gasteiger partial charge in [-0.25, -0.2) is 18.9 Å². The SMILES string of the molecule is CCOC(=O)/C=C/c1c(C(C)C)nn(-c2ccc3ccccc3n2)c1-c1ccc(F)cc1. The van der Waals surface area contributed by atoms with Crippen LogP contribution in [0.2, 0.25) is 0 Å². The predicted octanol–water partition coefficient (Wildman–Crippen LogP) is 5.93. The number of hydrogen-bond acceptors (Lipinski definition) is 4. The van der Waals surface area contributed by atoms with Gasteiger partial charge in [-0.1, -0.05) is 32.0 Å². The normalized spacial score (nSPS) is 11.5. The van der Waals surface area contributed by atoms with Crippen LogP contribution in [0.15, 0.2) is 66.7 Å². The Labute approximate surface area is 186 Å². The molecule has 162 valence electrons. The summed E-state index contributed by atoms with van der Waals surface area (Å²) in [6, 6.07) is 18.0. The maximum Gasteiger partial charge on any atom is 0.330 e. The van der Waals surface area contributed by atoms with Gasteiger partial charge in [0.25, 0.3) is 0 Å². The van der Waals surface area contributed by atoms with Gasteiger partial charge < -0.3 is 4.74 Å². The second-order valence-corrected chi connectivity index (χ2v) is 7.67. The van der Waals surface area contributed by atoms with Crippen molar-refractivity contribution in [3.8, 4) is 17.1 Å². The maximum atomic E-state index is 13.7. The molecule has 32 heavy (non-hydrogen) atoms. The third kappa shape index (κ3) is 4.30. The van der Waals surface area contributed by atoms with Gasteiger partial charge in [0.15, 0.2) is 5.82 Å². The van der Waals surface area contributed by atoms with E-state index in [0.29, 0.717) is 12.4 Å². The van der Waals surface area contributed by atoms with Crippen LogP contribution in [0.4, 0.5) is 4.39 Å². The van der Waals surface area contributed by atoms with E-state index >= 15 is 0 Å². The van der Waals surface area contributed by atoms with Gasteiger partial charge in [-0.3, -0.25) is 0 Å². The minimum atomic E-state index is -0.427. The fraction of sp³-hybridized carbons (Fsp3) is 0.192. The van der Waals surface area contributed by atoms with Crippen molar-refractivity contribution in [2.75, 3.05) is 6.61 Å². The summed E-state index contributed by atoms with van der Waals surface area (Å²) in [6.45, 7) is 6.14. The summed E-state index contributed by atoms with van der Waals surface area (Å²) in [7, 11) is 0. The minimum absolute atomic E-state index is 0.0813. The van der Waals surface area contributed by atoms with E-state index in [1.165, 1.54) is 18.2 Å². The lowest BCUT2D eigenvalue weighted by Crippen LogP contribution is -2.03. The smallest absolute Gasteiger partial charge is 0.330 e. The topological polar surface area (TPSA) is 57.0 Å². The number of carbonyl (C=O) groups excluding carboxylic acids is 1. The Bertz CT molecular complexity index is 1290. The Balaban J connectivity index is 1.96. The zero-order valence-electron chi connectivity index (χ0n) is 18.2. The van der Waals surface area contributed by atoms with E-state index in [2.05, 4.69) is 0 Å². The number of pyridine rings is 1. The molecule has 0 amide bonds. The highest BCUT2D eigenvalue weighted by Crippen LogP contribution is 2.33. The van der Waals surface area contributed by atoms with Crippen molar-refractivity contribution in [2.24, 2.45) is 0 Å². The van der Waals surface area contributed by atoms with Gasteiger partial charge in [0, 0.05) is 22.6 Å². The van der Waals surface area contributed by atoms with Crippen molar-refractivity contribution in [2.45, 2.75) is 26.7 Å². The Hall–Kier alpha value is -3.80. The number of halogens is 1. The number of aromatic nitrogens is 3. The van der Waals surface area contributed by atoms with Crippen LogP contribution in [-0.4, -0.2) is 27.3 Å². The fourth-order valence-corrected chi connectivity index (χ4v) is 3.60. The lowest BCUT2D eigenvalue weighted by Gasteiger charge is -2.09. The molecule has 0 radical (unpaired) electrons. The van der Waals surface area contributed by atoms with Gasteiger partial charge in [-0.05, 0) is 61.4 Å². The van der Waals surface area contributed by atoms with Crippen LogP contribution in [0.25, 0.3) is 34.1 Å². The molecule has 2 aromatic carbocycles. The highest BCUT2D eigenvalue weighted by Gasteiger charge is 2.22. The van der Waals surface area contributed by atoms with Crippen molar-refractivity contribution in [3.05, 3.63) is 83.8 Å². The molecule has 0 bridgehead atoms. The number of para-hydroxylation sites is 1. The molecule has 2 heterocycles. The molecule has 0 atom stereocenters. The number of carbonyl (C=O) groups is 1. The van der Waals surface area contributed by atoms with Crippen molar-refractivity contribution in [1.29, 1.82) is 0 Å². The van der Waals surface area contributed by atoms with Crippen LogP contribution in [0.3, 0.4) is 0 Å². The lowest BCUT2D eigenvalue weighted by molar-refractivity contribution is -0.137. The van der Waals surface area contributed by atoms with Crippen LogP contribution < -0.4 is 0 Å². The average Bonchev–Trinajstić information content (AvgIpc) is 3.18. The summed E-state index contributed by atoms with van der Waals surface area (Å²) in [5.41, 5.74) is 3.93. The van der Waals surface area contributed by atoms with E-state index < -0.39 is 5.97 Å². The first kappa shape index (κ1) is 21.4. The Morgan fingerprint density at radius 1 is 1.09 bits per heavy atom. The summed E-state index contributed by atoms with van der Waals surface area (Å²) in [6.07, 6.45) is 3.12. The number of rotatable bonds is 6. The van der Waals surface area contributed by atoms with Gasteiger partial charge in [-0.2, -0.15) is 5.10 Å². The Morgan fingerprint density at radius 3 is 2.56 bits per heavy atom. The van der Waals surface area contributed by atoms with Crippen LogP contribution in [0.1, 0.15) is 37.9 Å². The fourth-order valence-electron chi connectivity index (χ4n) is 3.60. The molecule has 0 aliphatic carbocycles. The Kier molecular flexibility index (Phi) is 6.12. The van der Waals surface area contributed by atoms with E-state index in [1.807, 2.05) is 50.2 Å². The summed E-state index contributed by atoms with van der Waals surface area (Å²) in [5.74, 6) is -0.0290. The largest absolute Gasteiger partial charge is 0.463 e. The van der Waals surface area contributed by atoms with Crippen LogP contribution in [0, 0.1) is 5.82 Å². The van der Waals surface area contributed by atoms with E-state index in [-0.39, 0.29) is 11.7 Å². The molecule has 4 rings (SSSR count). The third-order valence-corrected chi connectivity index (χ3v) is 5.09. The average molecular weight is 429 g/mol. The third-order valence-electron chi connectivity index (χ3n) is 5.09. The molecule has 0 aliphatic heterocycles. The van der Waals surface area contributed by atoms with Gasteiger partial charge in [0.2, 0.25) is 0 Å². The molecule has 0 unspecified atom stereocenters. The summed E-state index contributed by atoms with van der Waals surface area (Å²) < 4.78 is 20.5. The molecular weight excluding hydrogens is 405 g/mol. The molecule has 0 aliphatic rings. The number of hydrogen-bond donors (Lipinski definition) is 0. The first-order valence-corrected chi connectivity index (χ1v) is 10.6. The zero-order chi connectivity index (χ0) is 22.7. The molecule has 4 aromatic rings. The van der Waals surface area contributed by atoms with E-state index in [0.717, 1.165) is 33.4 Å². The summed E-state index contributed by atoms with van der Waals surface area (Å²) in [4.78, 5) is 16.8. The molecule has 0 N–H and O–H groups in total. The first-order valence-electron chi connectivity index (χ1n) is 10.6. The van der Waals surface area contributed by atoms with E-state index in [9.17, 15) is 9.18 Å². The van der Waals surface area contributed by atoms with Crippen molar-refractivity contribution in [3.63, 3.8) is 0 Å². The second-order valence-electron chi connectivity index (χ2n) is 7.67. The summed E-state index contributed by atoms with van der Waals surface area (Å²) >= 11 is 0. The van der Waals surface area contributed by atoms with Gasteiger partial charge in [0.1, 0.15) is 5.82 Å². The number of fused-ring (bicyclic) bond motifs is 1. The van der Waals surface area contributed by atoms with Gasteiger partial charge in [0.05, 0.1) is 23.5 Å². The molecule has 0 saturated heterocycles.